The van der Waals surface area contributed by atoms with Gasteiger partial charge in [-0.05, 0) is 24.5 Å². The molecular formula is C57H60N4OPt-2. The molecule has 0 saturated heterocycles. The molecule has 5 nitrogen and oxygen atoms in total. The van der Waals surface area contributed by atoms with Crippen molar-refractivity contribution in [1.82, 2.24) is 14.1 Å². The number of nitrogens with zero attached hydrogens (tertiary/aromatic N) is 4. The fourth-order valence-corrected chi connectivity index (χ4v) is 12.3. The summed E-state index contributed by atoms with van der Waals surface area (Å²) in [5.41, 5.74) is 13.2. The molecule has 1 spiro atoms. The molecule has 10 rings (SSSR count). The van der Waals surface area contributed by atoms with Gasteiger partial charge in [-0.2, -0.15) is 0 Å². The van der Waals surface area contributed by atoms with Gasteiger partial charge in [-0.15, -0.1) is 0 Å². The monoisotopic (exact) mass is 1010 g/mol. The maximum absolute atomic E-state index is 6.87. The van der Waals surface area contributed by atoms with Crippen LogP contribution in [0.25, 0.3) is 33.5 Å². The van der Waals surface area contributed by atoms with Gasteiger partial charge < -0.3 is 0 Å². The standard InChI is InChI=1S/C57H60N4O.Pt/c1-39-31-54(58-37-49(39)40-19-10-8-11-20-40)61-53-36-46(27-28-48(53)47-23-12-13-24-50(47)57(61)29-16-9-17-30-57)62-45-22-18-21-43(35-45)59-38-60(52-26-15-14-25-51(52)59)44-33-41(55(2,3)4)32-42(34-44)56(5,6)7;/h8,10-11,14-15,18-22,25-28,31-34,37,47,50H,9,12-13,16-17,23-24,29-30H2,1-7H3;/q-2;. The van der Waals surface area contributed by atoms with Crippen LogP contribution < -0.4 is 9.64 Å². The Kier molecular flexibility index (Phi) is 10.8. The Morgan fingerprint density at radius 3 is 2.05 bits per heavy atom. The first-order valence-electron chi connectivity index (χ1n) is 23.2. The topological polar surface area (TPSA) is 35.2 Å². The summed E-state index contributed by atoms with van der Waals surface area (Å²) in [7, 11) is 0. The minimum absolute atomic E-state index is 0.00227. The normalized spacial score (nSPS) is 18.7. The van der Waals surface area contributed by atoms with Gasteiger partial charge in [-0.25, -0.2) is 0 Å². The first-order chi connectivity index (χ1) is 30.3. The molecule has 0 bridgehead atoms. The van der Waals surface area contributed by atoms with Crippen LogP contribution in [0, 0.1) is 28.8 Å². The van der Waals surface area contributed by atoms with E-state index in [-0.39, 0.29) is 16.4 Å². The van der Waals surface area contributed by atoms with E-state index in [0.717, 1.165) is 32.0 Å². The molecule has 1 aliphatic heterocycles. The average molecular weight is 1010 g/mol. The van der Waals surface area contributed by atoms with Crippen LogP contribution in [0.3, 0.4) is 0 Å². The number of hydrogen-bond acceptors (Lipinski definition) is 3. The number of ether oxygens (including phenoxy) is 1. The van der Waals surface area contributed by atoms with E-state index in [9.17, 15) is 0 Å². The van der Waals surface area contributed by atoms with Crippen molar-refractivity contribution in [1.29, 1.82) is 0 Å². The molecule has 0 N–H and O–H groups in total. The van der Waals surface area contributed by atoms with Crippen molar-refractivity contribution in [3.8, 4) is 34.0 Å². The first-order valence-corrected chi connectivity index (χ1v) is 24.4. The van der Waals surface area contributed by atoms with Gasteiger partial charge in [0.05, 0.1) is 0 Å². The molecule has 63 heavy (non-hydrogen) atoms. The molecule has 326 valence electrons. The summed E-state index contributed by atoms with van der Waals surface area (Å²) >= 11 is 2.50. The minimum atomic E-state index is 0.00227. The molecule has 3 heterocycles. The number of para-hydroxylation sites is 2. The van der Waals surface area contributed by atoms with E-state index < -0.39 is 0 Å². The van der Waals surface area contributed by atoms with Crippen LogP contribution in [0.5, 0.6) is 11.5 Å². The molecule has 0 amide bonds. The molecular weight excluding hydrogens is 952 g/mol. The third-order valence-corrected chi connectivity index (χ3v) is 15.4. The molecule has 2 aliphatic carbocycles. The fraction of sp³-hybridized carbons (Fsp3) is 0.368. The summed E-state index contributed by atoms with van der Waals surface area (Å²) in [5.74, 6) is 3.53. The summed E-state index contributed by atoms with van der Waals surface area (Å²) in [6.45, 7) is 16.1. The summed E-state index contributed by atoms with van der Waals surface area (Å²) in [4.78, 5) is 7.98. The number of anilines is 2. The predicted molar refractivity (Wildman–Crippen MR) is 254 cm³/mol. The van der Waals surface area contributed by atoms with Crippen LogP contribution in [0.1, 0.15) is 128 Å². The Balaban J connectivity index is 1.06. The molecule has 2 unspecified atom stereocenters. The van der Waals surface area contributed by atoms with Gasteiger partial charge in [0, 0.05) is 11.8 Å². The van der Waals surface area contributed by atoms with Crippen LogP contribution in [0.2, 0.25) is 0 Å². The van der Waals surface area contributed by atoms with Crippen molar-refractivity contribution in [3.63, 3.8) is 0 Å². The fourth-order valence-electron chi connectivity index (χ4n) is 11.2. The van der Waals surface area contributed by atoms with Gasteiger partial charge >= 0.3 is 289 Å². The Labute approximate surface area is 385 Å². The van der Waals surface area contributed by atoms with Crippen molar-refractivity contribution in [3.05, 3.63) is 154 Å². The number of aromatic nitrogens is 3. The Bertz CT molecular complexity index is 2850. The van der Waals surface area contributed by atoms with E-state index >= 15 is 0 Å². The van der Waals surface area contributed by atoms with Gasteiger partial charge in [0.1, 0.15) is 0 Å². The molecule has 3 aliphatic rings. The van der Waals surface area contributed by atoms with E-state index in [1.807, 2.05) is 6.07 Å². The zero-order valence-electron chi connectivity index (χ0n) is 38.0. The van der Waals surface area contributed by atoms with Gasteiger partial charge in [0.15, 0.2) is 0 Å². The summed E-state index contributed by atoms with van der Waals surface area (Å²) in [6.07, 6.45) is 13.4. The molecule has 2 atom stereocenters. The van der Waals surface area contributed by atoms with Crippen molar-refractivity contribution in [2.45, 2.75) is 129 Å². The summed E-state index contributed by atoms with van der Waals surface area (Å²) in [5, 5.41) is 0. The van der Waals surface area contributed by atoms with Crippen LogP contribution in [-0.4, -0.2) is 19.7 Å². The Morgan fingerprint density at radius 1 is 0.683 bits per heavy atom. The van der Waals surface area contributed by atoms with E-state index in [1.165, 1.54) is 96.9 Å². The van der Waals surface area contributed by atoms with Gasteiger partial charge in [-0.3, -0.25) is 0 Å². The predicted octanol–water partition coefficient (Wildman–Crippen LogP) is 15.0. The minimum Gasteiger partial charge on any atom is -0.0622 e. The van der Waals surface area contributed by atoms with Crippen LogP contribution in [0.15, 0.2) is 115 Å². The third kappa shape index (κ3) is 7.56. The van der Waals surface area contributed by atoms with E-state index in [2.05, 4.69) is 203 Å². The molecule has 2 fully saturated rings. The zero-order chi connectivity index (χ0) is 43.7. The van der Waals surface area contributed by atoms with Crippen molar-refractivity contribution in [2.24, 2.45) is 5.92 Å². The second-order valence-electron chi connectivity index (χ2n) is 20.5. The zero-order valence-corrected chi connectivity index (χ0v) is 40.3. The van der Waals surface area contributed by atoms with Gasteiger partial charge in [0.25, 0.3) is 0 Å². The van der Waals surface area contributed by atoms with Crippen molar-refractivity contribution >= 4 is 22.5 Å². The summed E-state index contributed by atoms with van der Waals surface area (Å²) < 4.78 is 12.7. The molecule has 6 heteroatoms. The second kappa shape index (κ2) is 16.2. The van der Waals surface area contributed by atoms with E-state index in [4.69, 9.17) is 9.72 Å². The Hall–Kier alpha value is -4.99. The van der Waals surface area contributed by atoms with E-state index in [0.29, 0.717) is 23.3 Å². The van der Waals surface area contributed by atoms with Crippen molar-refractivity contribution in [2.75, 3.05) is 4.90 Å². The van der Waals surface area contributed by atoms with E-state index in [1.54, 1.807) is 0 Å². The third-order valence-electron chi connectivity index (χ3n) is 14.4. The number of benzene rings is 5. The quantitative estimate of drug-likeness (QED) is 0.156. The summed E-state index contributed by atoms with van der Waals surface area (Å²) in [6, 6.07) is 47.2. The molecule has 2 saturated carbocycles. The first kappa shape index (κ1) is 42.0. The van der Waals surface area contributed by atoms with Crippen molar-refractivity contribution < 1.29 is 24.1 Å². The smallest absolute Gasteiger partial charge is 0.0622 e. The molecule has 2 aromatic heterocycles. The SMILES string of the molecule is Cc1cc(N2c3[c-]c(Oc4[c-]c(-n5[c](=[Pt])n(-c6cc(C(C)(C)C)cc(C(C)(C)C)c6)c6ccccc65)ccc4)ccc3C3CCCCC3C23CCCCC3)ncc1-c1ccccc1. The van der Waals surface area contributed by atoms with Crippen LogP contribution in [-0.2, 0) is 30.2 Å². The molecule has 0 radical (unpaired) electrons. The number of fused-ring (bicyclic) bond motifs is 5. The number of pyridine rings is 1. The number of aryl methyl sites for hydroxylation is 1. The second-order valence-corrected chi connectivity index (χ2v) is 21.5. The maximum atomic E-state index is 6.87. The van der Waals surface area contributed by atoms with Gasteiger partial charge in [-0.1, -0.05) is 62.4 Å². The number of rotatable bonds is 6. The van der Waals surface area contributed by atoms with Crippen LogP contribution in [0.4, 0.5) is 11.5 Å². The Morgan fingerprint density at radius 2 is 1.35 bits per heavy atom. The molecule has 5 aromatic carbocycles. The molecule has 7 aromatic rings. The average Bonchev–Trinajstić information content (AvgIpc) is 3.58. The number of hydrogen-bond donors (Lipinski definition) is 0. The van der Waals surface area contributed by atoms with Gasteiger partial charge in [0.2, 0.25) is 0 Å². The van der Waals surface area contributed by atoms with Crippen LogP contribution >= 0.6 is 0 Å². The number of imidazole rings is 1.